The van der Waals surface area contributed by atoms with Crippen molar-refractivity contribution in [1.82, 2.24) is 0 Å². The molecule has 2 unspecified atom stereocenters. The molecule has 52 heavy (non-hydrogen) atoms. The average molecular weight is 789 g/mol. The van der Waals surface area contributed by atoms with E-state index in [0.717, 1.165) is 105 Å². The van der Waals surface area contributed by atoms with Gasteiger partial charge in [0.15, 0.2) is 11.0 Å². The van der Waals surface area contributed by atoms with Crippen LogP contribution >= 0.6 is 12.1 Å². The smallest absolute Gasteiger partial charge is 0.198 e. The molecule has 4 fully saturated rings. The number of carbonyl (C=O) groups is 2. The summed E-state index contributed by atoms with van der Waals surface area (Å²) in [6, 6.07) is 3.51. The molecule has 2 atom stereocenters. The second-order valence-corrected chi connectivity index (χ2v) is 25.6. The molecule has 288 valence electrons. The second kappa shape index (κ2) is 18.7. The Balaban J connectivity index is 0.000000206. The maximum absolute atomic E-state index is 14.0. The third-order valence-corrected chi connectivity index (χ3v) is 24.8. The first-order valence-corrected chi connectivity index (χ1v) is 25.8. The van der Waals surface area contributed by atoms with E-state index >= 15 is 0 Å². The topological polar surface area (TPSA) is 71.1 Å². The van der Waals surface area contributed by atoms with Gasteiger partial charge in [0.05, 0.1) is 38.6 Å². The zero-order valence-electron chi connectivity index (χ0n) is 32.5. The molecule has 10 heteroatoms. The zero-order chi connectivity index (χ0) is 37.5. The highest BCUT2D eigenvalue weighted by Gasteiger charge is 2.49. The first-order valence-electron chi connectivity index (χ1n) is 20.0. The summed E-state index contributed by atoms with van der Waals surface area (Å²) < 4.78 is 22.9. The van der Waals surface area contributed by atoms with E-state index < -0.39 is 12.1 Å². The van der Waals surface area contributed by atoms with E-state index in [0.29, 0.717) is 52.9 Å². The van der Waals surface area contributed by atoms with E-state index in [2.05, 4.69) is 13.8 Å². The number of hydrogen-bond donors (Lipinski definition) is 0. The van der Waals surface area contributed by atoms with Gasteiger partial charge in [0.2, 0.25) is 0 Å². The predicted molar refractivity (Wildman–Crippen MR) is 224 cm³/mol. The van der Waals surface area contributed by atoms with Crippen molar-refractivity contribution in [3.8, 4) is 23.0 Å². The van der Waals surface area contributed by atoms with Crippen LogP contribution in [0.3, 0.4) is 0 Å². The third-order valence-electron chi connectivity index (χ3n) is 12.1. The minimum atomic E-state index is -2.10. The van der Waals surface area contributed by atoms with Crippen LogP contribution in [0.5, 0.6) is 23.0 Å². The monoisotopic (exact) mass is 788 g/mol. The fourth-order valence-corrected chi connectivity index (χ4v) is 20.5. The first-order chi connectivity index (χ1) is 25.0. The van der Waals surface area contributed by atoms with Crippen LogP contribution in [0.25, 0.3) is 0 Å². The van der Waals surface area contributed by atoms with Crippen molar-refractivity contribution >= 4 is 46.7 Å². The summed E-state index contributed by atoms with van der Waals surface area (Å²) in [5.74, 6) is 2.83. The van der Waals surface area contributed by atoms with Crippen LogP contribution in [-0.2, 0) is 23.6 Å². The van der Waals surface area contributed by atoms with Crippen LogP contribution in [0.4, 0.5) is 0 Å². The molecule has 2 aromatic rings. The lowest BCUT2D eigenvalue weighted by Gasteiger charge is -2.45. The molecule has 0 aliphatic carbocycles. The average Bonchev–Trinajstić information content (AvgIpc) is 3.33. The normalized spacial score (nSPS) is 27.8. The SMILES string of the molecule is CCCCOc1cc(C)c(C(=O)P2(=S)C3CCCC2CCC3)c(OCCCC)c1.COc1cc(C)c(C(=O)P2(=S)C3CCCCC2CC3)c(OC)c1. The number of methoxy groups -OCH3 is 2. The van der Waals surface area contributed by atoms with Gasteiger partial charge in [-0.25, -0.2) is 0 Å². The van der Waals surface area contributed by atoms with E-state index in [9.17, 15) is 9.59 Å². The lowest BCUT2D eigenvalue weighted by Crippen LogP contribution is -2.33. The Labute approximate surface area is 323 Å². The van der Waals surface area contributed by atoms with Crippen molar-refractivity contribution < 1.29 is 28.5 Å². The summed E-state index contributed by atoms with van der Waals surface area (Å²) in [5.41, 5.74) is 5.57. The third kappa shape index (κ3) is 8.56. The summed E-state index contributed by atoms with van der Waals surface area (Å²) in [5, 5.41) is 0. The molecule has 2 aromatic carbocycles. The Hall–Kier alpha value is -1.72. The molecule has 0 amide bonds. The molecule has 4 aliphatic rings. The van der Waals surface area contributed by atoms with Gasteiger partial charge in [-0.15, -0.1) is 0 Å². The van der Waals surface area contributed by atoms with Crippen molar-refractivity contribution in [1.29, 1.82) is 0 Å². The molecule has 0 aromatic heterocycles. The quantitative estimate of drug-likeness (QED) is 0.138. The highest BCUT2D eigenvalue weighted by atomic mass is 32.4. The maximum Gasteiger partial charge on any atom is 0.198 e. The Morgan fingerprint density at radius 1 is 0.596 bits per heavy atom. The van der Waals surface area contributed by atoms with Crippen molar-refractivity contribution in [2.75, 3.05) is 27.4 Å². The maximum atomic E-state index is 14.0. The van der Waals surface area contributed by atoms with Gasteiger partial charge in [0.25, 0.3) is 0 Å². The van der Waals surface area contributed by atoms with Gasteiger partial charge in [-0.05, 0) is 124 Å². The highest BCUT2D eigenvalue weighted by molar-refractivity contribution is 8.24. The summed E-state index contributed by atoms with van der Waals surface area (Å²) in [6.07, 6.45) is 18.2. The Kier molecular flexibility index (Phi) is 14.9. The molecular formula is C42H62O6P2S2. The first kappa shape index (κ1) is 41.4. The molecule has 0 spiro atoms. The molecule has 0 saturated carbocycles. The molecule has 6 rings (SSSR count). The van der Waals surface area contributed by atoms with Gasteiger partial charge >= 0.3 is 0 Å². The molecule has 4 aliphatic heterocycles. The van der Waals surface area contributed by atoms with E-state index in [1.807, 2.05) is 32.0 Å². The van der Waals surface area contributed by atoms with Crippen molar-refractivity contribution in [3.63, 3.8) is 0 Å². The fraction of sp³-hybridized carbons (Fsp3) is 0.667. The number of aryl methyl sites for hydroxylation is 2. The predicted octanol–water partition coefficient (Wildman–Crippen LogP) is 11.8. The molecule has 6 nitrogen and oxygen atoms in total. The zero-order valence-corrected chi connectivity index (χ0v) is 35.9. The number of unbranched alkanes of at least 4 members (excludes halogenated alkanes) is 2. The molecule has 0 radical (unpaired) electrons. The van der Waals surface area contributed by atoms with Gasteiger partial charge in [0.1, 0.15) is 23.0 Å². The number of ether oxygens (including phenoxy) is 4. The van der Waals surface area contributed by atoms with Gasteiger partial charge in [-0.2, -0.15) is 0 Å². The van der Waals surface area contributed by atoms with Crippen LogP contribution < -0.4 is 18.9 Å². The van der Waals surface area contributed by atoms with E-state index in [1.165, 1.54) is 25.7 Å². The fourth-order valence-electron chi connectivity index (χ4n) is 9.17. The lowest BCUT2D eigenvalue weighted by atomic mass is 9.99. The summed E-state index contributed by atoms with van der Waals surface area (Å²) in [6.45, 7) is 9.61. The molecular weight excluding hydrogens is 727 g/mol. The standard InChI is InChI=1S/C24H37O3PS.C18H25O3PS/c1-4-6-14-26-19-16-18(3)23(22(17-19)27-15-7-5-2)24(25)28(29)20-10-8-11-21(28)13-9-12-20;1-12-10-13(20-2)11-16(21-3)17(12)18(19)22(23)14-6-4-5-7-15(22)9-8-14/h16-17,20-21H,4-15H2,1-3H3;10-11,14-15H,4-9H2,1-3H3. The largest absolute Gasteiger partial charge is 0.497 e. The van der Waals surface area contributed by atoms with E-state index in [1.54, 1.807) is 20.3 Å². The lowest BCUT2D eigenvalue weighted by molar-refractivity contribution is 0.106. The van der Waals surface area contributed by atoms with Crippen LogP contribution in [-0.4, -0.2) is 61.1 Å². The van der Waals surface area contributed by atoms with Crippen LogP contribution in [0.2, 0.25) is 0 Å². The number of benzene rings is 2. The minimum absolute atomic E-state index is 0.207. The molecule has 4 bridgehead atoms. The Bertz CT molecular complexity index is 1630. The van der Waals surface area contributed by atoms with Crippen molar-refractivity contribution in [3.05, 3.63) is 46.5 Å². The number of carbonyl (C=O) groups excluding carboxylic acids is 2. The minimum Gasteiger partial charge on any atom is -0.497 e. The second-order valence-electron chi connectivity index (χ2n) is 15.4. The van der Waals surface area contributed by atoms with Gasteiger partial charge < -0.3 is 18.9 Å². The number of hydrogen-bond acceptors (Lipinski definition) is 8. The van der Waals surface area contributed by atoms with Crippen LogP contribution in [0.1, 0.15) is 148 Å². The number of fused-ring (bicyclic) bond motifs is 4. The number of rotatable bonds is 14. The van der Waals surface area contributed by atoms with Crippen molar-refractivity contribution in [2.45, 2.75) is 153 Å². The molecule has 4 heterocycles. The summed E-state index contributed by atoms with van der Waals surface area (Å²) in [7, 11) is 3.24. The van der Waals surface area contributed by atoms with Crippen LogP contribution in [0, 0.1) is 13.8 Å². The van der Waals surface area contributed by atoms with Gasteiger partial charge in [-0.3, -0.25) is 9.59 Å². The molecule has 4 saturated heterocycles. The van der Waals surface area contributed by atoms with Crippen molar-refractivity contribution in [2.24, 2.45) is 0 Å². The van der Waals surface area contributed by atoms with E-state index in [-0.39, 0.29) is 11.0 Å². The summed E-state index contributed by atoms with van der Waals surface area (Å²) >= 11 is 12.5. The van der Waals surface area contributed by atoms with Gasteiger partial charge in [0, 0.05) is 24.2 Å². The van der Waals surface area contributed by atoms with Crippen LogP contribution in [0.15, 0.2) is 24.3 Å². The highest BCUT2D eigenvalue weighted by Crippen LogP contribution is 2.70. The summed E-state index contributed by atoms with van der Waals surface area (Å²) in [4.78, 5) is 27.6. The van der Waals surface area contributed by atoms with Gasteiger partial charge in [-0.1, -0.05) is 76.0 Å². The Morgan fingerprint density at radius 3 is 1.50 bits per heavy atom. The van der Waals surface area contributed by atoms with E-state index in [4.69, 9.17) is 42.6 Å². The Morgan fingerprint density at radius 2 is 1.02 bits per heavy atom. The molecule has 0 N–H and O–H groups in total.